The zero-order valence-corrected chi connectivity index (χ0v) is 12.1. The smallest absolute Gasteiger partial charge is 0.227 e. The largest absolute Gasteiger partial charge is 0.491 e. The molecule has 0 unspecified atom stereocenters. The normalized spacial score (nSPS) is 14.7. The number of fused-ring (bicyclic) bond motifs is 1. The Morgan fingerprint density at radius 2 is 2.15 bits per heavy atom. The Morgan fingerprint density at radius 3 is 2.85 bits per heavy atom. The van der Waals surface area contributed by atoms with Crippen molar-refractivity contribution in [3.8, 4) is 5.75 Å². The molecule has 0 spiro atoms. The van der Waals surface area contributed by atoms with Crippen LogP contribution in [0, 0.1) is 5.41 Å². The fourth-order valence-corrected chi connectivity index (χ4v) is 1.82. The molecule has 2 amide bonds. The van der Waals surface area contributed by atoms with E-state index >= 15 is 0 Å². The monoisotopic (exact) mass is 276 g/mol. The van der Waals surface area contributed by atoms with Crippen molar-refractivity contribution in [3.63, 3.8) is 0 Å². The van der Waals surface area contributed by atoms with E-state index in [2.05, 4.69) is 10.6 Å². The number of ether oxygens (including phenoxy) is 1. The molecule has 0 bridgehead atoms. The van der Waals surface area contributed by atoms with E-state index in [1.807, 2.05) is 39.0 Å². The molecule has 1 aliphatic rings. The third-order valence-corrected chi connectivity index (χ3v) is 3.04. The fourth-order valence-electron chi connectivity index (χ4n) is 1.82. The molecule has 1 heterocycles. The van der Waals surface area contributed by atoms with Crippen LogP contribution in [0.15, 0.2) is 18.2 Å². The van der Waals surface area contributed by atoms with Gasteiger partial charge in [-0.15, -0.1) is 0 Å². The van der Waals surface area contributed by atoms with Crippen LogP contribution in [-0.4, -0.2) is 18.4 Å². The molecule has 2 rings (SSSR count). The highest BCUT2D eigenvalue weighted by atomic mass is 16.5. The number of rotatable bonds is 2. The van der Waals surface area contributed by atoms with Crippen LogP contribution in [0.4, 0.5) is 5.69 Å². The van der Waals surface area contributed by atoms with Crippen molar-refractivity contribution in [1.82, 2.24) is 5.32 Å². The molecule has 1 aromatic rings. The molecule has 0 saturated heterocycles. The Bertz CT molecular complexity index is 532. The summed E-state index contributed by atoms with van der Waals surface area (Å²) >= 11 is 0. The molecule has 0 saturated carbocycles. The summed E-state index contributed by atoms with van der Waals surface area (Å²) in [6, 6.07) is 5.54. The molecule has 0 radical (unpaired) electrons. The number of hydrogen-bond acceptors (Lipinski definition) is 3. The summed E-state index contributed by atoms with van der Waals surface area (Å²) in [5, 5.41) is 5.68. The van der Waals surface area contributed by atoms with Gasteiger partial charge in [0, 0.05) is 12.0 Å². The Balaban J connectivity index is 2.07. The third-order valence-electron chi connectivity index (χ3n) is 3.04. The van der Waals surface area contributed by atoms with Crippen LogP contribution in [0.2, 0.25) is 0 Å². The molecular weight excluding hydrogens is 256 g/mol. The minimum Gasteiger partial charge on any atom is -0.491 e. The van der Waals surface area contributed by atoms with Crippen molar-refractivity contribution in [2.75, 3.05) is 11.9 Å². The van der Waals surface area contributed by atoms with Gasteiger partial charge in [0.15, 0.2) is 0 Å². The number of hydrogen-bond donors (Lipinski definition) is 2. The quantitative estimate of drug-likeness (QED) is 0.869. The molecule has 5 heteroatoms. The Morgan fingerprint density at radius 1 is 1.40 bits per heavy atom. The molecule has 108 valence electrons. The highest BCUT2D eigenvalue weighted by Gasteiger charge is 2.21. The minimum absolute atomic E-state index is 0.00673. The zero-order valence-electron chi connectivity index (χ0n) is 12.1. The summed E-state index contributed by atoms with van der Waals surface area (Å²) < 4.78 is 5.48. The van der Waals surface area contributed by atoms with Gasteiger partial charge in [0.25, 0.3) is 0 Å². The van der Waals surface area contributed by atoms with Gasteiger partial charge in [0.05, 0.1) is 18.7 Å². The maximum absolute atomic E-state index is 11.8. The number of carbonyl (C=O) groups is 2. The molecule has 1 aliphatic heterocycles. The summed E-state index contributed by atoms with van der Waals surface area (Å²) in [6.45, 7) is 6.42. The number of carbonyl (C=O) groups excluding carboxylic acids is 2. The van der Waals surface area contributed by atoms with E-state index < -0.39 is 5.41 Å². The van der Waals surface area contributed by atoms with Crippen molar-refractivity contribution in [2.45, 2.75) is 33.7 Å². The summed E-state index contributed by atoms with van der Waals surface area (Å²) in [6.07, 6.45) is 0.352. The van der Waals surface area contributed by atoms with Gasteiger partial charge < -0.3 is 15.4 Å². The van der Waals surface area contributed by atoms with Crippen molar-refractivity contribution >= 4 is 17.5 Å². The van der Waals surface area contributed by atoms with E-state index in [4.69, 9.17) is 4.74 Å². The molecule has 1 aromatic carbocycles. The van der Waals surface area contributed by atoms with Gasteiger partial charge in [-0.3, -0.25) is 9.59 Å². The average Bonchev–Trinajstić information content (AvgIpc) is 2.54. The first-order valence-electron chi connectivity index (χ1n) is 6.70. The van der Waals surface area contributed by atoms with E-state index in [9.17, 15) is 9.59 Å². The molecule has 2 N–H and O–H groups in total. The molecule has 0 aliphatic carbocycles. The van der Waals surface area contributed by atoms with Crippen molar-refractivity contribution in [1.29, 1.82) is 0 Å². The standard InChI is InChI=1S/C15H20N2O3/c1-15(2,3)14(19)16-9-10-4-5-12-11(8-10)17-13(18)6-7-20-12/h4-5,8H,6-7,9H2,1-3H3,(H,16,19)(H,17,18). The van der Waals surface area contributed by atoms with Crippen LogP contribution in [0.1, 0.15) is 32.8 Å². The van der Waals surface area contributed by atoms with E-state index in [0.717, 1.165) is 5.56 Å². The predicted molar refractivity (Wildman–Crippen MR) is 76.5 cm³/mol. The Hall–Kier alpha value is -2.04. The number of benzene rings is 1. The topological polar surface area (TPSA) is 67.4 Å². The van der Waals surface area contributed by atoms with Crippen LogP contribution in [0.25, 0.3) is 0 Å². The van der Waals surface area contributed by atoms with Crippen molar-refractivity contribution in [2.24, 2.45) is 5.41 Å². The SMILES string of the molecule is CC(C)(C)C(=O)NCc1ccc2c(c1)NC(=O)CCO2. The van der Waals surface area contributed by atoms with Gasteiger partial charge in [0.1, 0.15) is 5.75 Å². The second-order valence-electron chi connectivity index (χ2n) is 5.91. The Labute approximate surface area is 118 Å². The van der Waals surface area contributed by atoms with Crippen LogP contribution < -0.4 is 15.4 Å². The second kappa shape index (κ2) is 5.53. The summed E-state index contributed by atoms with van der Waals surface area (Å²) in [4.78, 5) is 23.3. The van der Waals surface area contributed by atoms with Crippen molar-refractivity contribution < 1.29 is 14.3 Å². The first kappa shape index (κ1) is 14.4. The number of anilines is 1. The molecule has 0 atom stereocenters. The summed E-state index contributed by atoms with van der Waals surface area (Å²) in [5.41, 5.74) is 1.17. The van der Waals surface area contributed by atoms with Crippen LogP contribution >= 0.6 is 0 Å². The number of nitrogens with one attached hydrogen (secondary N) is 2. The predicted octanol–water partition coefficient (Wildman–Crippen LogP) is 2.07. The average molecular weight is 276 g/mol. The minimum atomic E-state index is -0.414. The lowest BCUT2D eigenvalue weighted by Crippen LogP contribution is -2.34. The molecule has 0 aromatic heterocycles. The lowest BCUT2D eigenvalue weighted by molar-refractivity contribution is -0.128. The maximum Gasteiger partial charge on any atom is 0.227 e. The highest BCUT2D eigenvalue weighted by Crippen LogP contribution is 2.28. The van der Waals surface area contributed by atoms with Gasteiger partial charge in [-0.2, -0.15) is 0 Å². The lowest BCUT2D eigenvalue weighted by atomic mass is 9.95. The molecule has 0 fully saturated rings. The van der Waals surface area contributed by atoms with Gasteiger partial charge in [0.2, 0.25) is 11.8 Å². The zero-order chi connectivity index (χ0) is 14.8. The van der Waals surface area contributed by atoms with Gasteiger partial charge >= 0.3 is 0 Å². The highest BCUT2D eigenvalue weighted by molar-refractivity contribution is 5.93. The van der Waals surface area contributed by atoms with Gasteiger partial charge in [-0.05, 0) is 17.7 Å². The van der Waals surface area contributed by atoms with Crippen LogP contribution in [0.5, 0.6) is 5.75 Å². The summed E-state index contributed by atoms with van der Waals surface area (Å²) in [5.74, 6) is 0.606. The maximum atomic E-state index is 11.8. The lowest BCUT2D eigenvalue weighted by Gasteiger charge is -2.18. The van der Waals surface area contributed by atoms with E-state index in [-0.39, 0.29) is 11.8 Å². The van der Waals surface area contributed by atoms with Gasteiger partial charge in [-0.25, -0.2) is 0 Å². The third kappa shape index (κ3) is 3.50. The molecular formula is C15H20N2O3. The number of amides is 2. The first-order valence-corrected chi connectivity index (χ1v) is 6.70. The van der Waals surface area contributed by atoms with Crippen LogP contribution in [-0.2, 0) is 16.1 Å². The van der Waals surface area contributed by atoms with E-state index in [1.54, 1.807) is 0 Å². The second-order valence-corrected chi connectivity index (χ2v) is 5.91. The van der Waals surface area contributed by atoms with Gasteiger partial charge in [-0.1, -0.05) is 26.8 Å². The first-order chi connectivity index (χ1) is 9.36. The summed E-state index contributed by atoms with van der Waals surface area (Å²) in [7, 11) is 0. The Kier molecular flexibility index (Phi) is 3.97. The fraction of sp³-hybridized carbons (Fsp3) is 0.467. The van der Waals surface area contributed by atoms with E-state index in [1.165, 1.54) is 0 Å². The molecule has 20 heavy (non-hydrogen) atoms. The van der Waals surface area contributed by atoms with Crippen molar-refractivity contribution in [3.05, 3.63) is 23.8 Å². The van der Waals surface area contributed by atoms with E-state index in [0.29, 0.717) is 31.0 Å². The van der Waals surface area contributed by atoms with Crippen LogP contribution in [0.3, 0.4) is 0 Å². The molecule has 5 nitrogen and oxygen atoms in total.